The molecule has 1 fully saturated rings. The predicted molar refractivity (Wildman–Crippen MR) is 116 cm³/mol. The molecule has 1 saturated carbocycles. The first kappa shape index (κ1) is 22.0. The summed E-state index contributed by atoms with van der Waals surface area (Å²) in [5.74, 6) is 1.81. The molecule has 0 aliphatic heterocycles. The minimum atomic E-state index is 0. The quantitative estimate of drug-likeness (QED) is 0.356. The molecule has 6 heteroatoms. The van der Waals surface area contributed by atoms with E-state index in [9.17, 15) is 0 Å². The Hall–Kier alpha value is -1.02. The van der Waals surface area contributed by atoms with Crippen LogP contribution in [0, 0.1) is 0 Å². The average Bonchev–Trinajstić information content (AvgIpc) is 3.15. The third-order valence-corrected chi connectivity index (χ3v) is 4.81. The second kappa shape index (κ2) is 12.4. The van der Waals surface area contributed by atoms with Crippen molar-refractivity contribution in [1.82, 2.24) is 15.5 Å². The van der Waals surface area contributed by atoms with Crippen LogP contribution in [0.1, 0.15) is 31.2 Å². The maximum atomic E-state index is 5.39. The zero-order valence-corrected chi connectivity index (χ0v) is 18.1. The Morgan fingerprint density at radius 3 is 2.56 bits per heavy atom. The number of aliphatic imine (C=N–C) groups is 1. The second-order valence-electron chi connectivity index (χ2n) is 6.41. The van der Waals surface area contributed by atoms with E-state index in [2.05, 4.69) is 33.6 Å². The van der Waals surface area contributed by atoms with Crippen LogP contribution >= 0.6 is 24.0 Å². The summed E-state index contributed by atoms with van der Waals surface area (Å²) in [7, 11) is 5.77. The SMILES string of the molecule is CN=C(NCCc1ccccc1OC)NCCN(C)C1CCCC1.I. The van der Waals surface area contributed by atoms with Crippen LogP contribution in [0.4, 0.5) is 0 Å². The van der Waals surface area contributed by atoms with E-state index >= 15 is 0 Å². The van der Waals surface area contributed by atoms with Crippen LogP contribution in [-0.2, 0) is 6.42 Å². The van der Waals surface area contributed by atoms with Gasteiger partial charge in [-0.3, -0.25) is 4.99 Å². The lowest BCUT2D eigenvalue weighted by Gasteiger charge is -2.24. The van der Waals surface area contributed by atoms with Gasteiger partial charge >= 0.3 is 0 Å². The fourth-order valence-electron chi connectivity index (χ4n) is 3.32. The lowest BCUT2D eigenvalue weighted by Crippen LogP contribution is -2.43. The number of hydrogen-bond donors (Lipinski definition) is 2. The highest BCUT2D eigenvalue weighted by Gasteiger charge is 2.18. The van der Waals surface area contributed by atoms with Gasteiger partial charge in [0.1, 0.15) is 5.75 Å². The second-order valence-corrected chi connectivity index (χ2v) is 6.41. The summed E-state index contributed by atoms with van der Waals surface area (Å²) >= 11 is 0. The molecule has 0 radical (unpaired) electrons. The largest absolute Gasteiger partial charge is 0.496 e. The van der Waals surface area contributed by atoms with Gasteiger partial charge in [-0.2, -0.15) is 0 Å². The molecule has 0 spiro atoms. The zero-order chi connectivity index (χ0) is 17.2. The van der Waals surface area contributed by atoms with E-state index in [1.54, 1.807) is 7.11 Å². The number of ether oxygens (including phenoxy) is 1. The van der Waals surface area contributed by atoms with Crippen LogP contribution < -0.4 is 15.4 Å². The van der Waals surface area contributed by atoms with Gasteiger partial charge in [-0.05, 0) is 37.9 Å². The summed E-state index contributed by atoms with van der Waals surface area (Å²) < 4.78 is 5.39. The molecule has 0 unspecified atom stereocenters. The van der Waals surface area contributed by atoms with Crippen LogP contribution in [0.2, 0.25) is 0 Å². The molecule has 0 aromatic heterocycles. The maximum absolute atomic E-state index is 5.39. The summed E-state index contributed by atoms with van der Waals surface area (Å²) in [5.41, 5.74) is 1.21. The minimum Gasteiger partial charge on any atom is -0.496 e. The Morgan fingerprint density at radius 1 is 1.20 bits per heavy atom. The number of benzene rings is 1. The number of nitrogens with one attached hydrogen (secondary N) is 2. The molecular weight excluding hydrogens is 427 g/mol. The fraction of sp³-hybridized carbons (Fsp3) is 0.632. The standard InChI is InChI=1S/C19H32N4O.HI/c1-20-19(22-14-15-23(2)17-9-5-6-10-17)21-13-12-16-8-4-7-11-18(16)24-3;/h4,7-8,11,17H,5-6,9-10,12-15H2,1-3H3,(H2,20,21,22);1H. The number of para-hydroxylation sites is 1. The topological polar surface area (TPSA) is 48.9 Å². The van der Waals surface area contributed by atoms with Crippen LogP contribution in [0.3, 0.4) is 0 Å². The molecule has 2 N–H and O–H groups in total. The van der Waals surface area contributed by atoms with Gasteiger partial charge in [0.25, 0.3) is 0 Å². The summed E-state index contributed by atoms with van der Waals surface area (Å²) in [5, 5.41) is 6.78. The van der Waals surface area contributed by atoms with Gasteiger partial charge in [0.2, 0.25) is 0 Å². The summed E-state index contributed by atoms with van der Waals surface area (Å²) in [4.78, 5) is 6.78. The van der Waals surface area contributed by atoms with E-state index < -0.39 is 0 Å². The van der Waals surface area contributed by atoms with Crippen LogP contribution in [0.5, 0.6) is 5.75 Å². The molecule has 2 rings (SSSR count). The molecule has 1 aliphatic carbocycles. The number of hydrogen-bond acceptors (Lipinski definition) is 3. The van der Waals surface area contributed by atoms with Gasteiger partial charge in [0.05, 0.1) is 7.11 Å². The monoisotopic (exact) mass is 460 g/mol. The third kappa shape index (κ3) is 7.40. The number of methoxy groups -OCH3 is 1. The number of likely N-dealkylation sites (N-methyl/N-ethyl adjacent to an activating group) is 1. The summed E-state index contributed by atoms with van der Waals surface area (Å²) in [6.07, 6.45) is 6.38. The summed E-state index contributed by atoms with van der Waals surface area (Å²) in [6.45, 7) is 2.80. The molecule has 0 heterocycles. The predicted octanol–water partition coefficient (Wildman–Crippen LogP) is 2.90. The maximum Gasteiger partial charge on any atom is 0.191 e. The highest BCUT2D eigenvalue weighted by atomic mass is 127. The molecule has 25 heavy (non-hydrogen) atoms. The molecule has 0 atom stereocenters. The lowest BCUT2D eigenvalue weighted by molar-refractivity contribution is 0.249. The Kier molecular flexibility index (Phi) is 10.9. The molecule has 0 bridgehead atoms. The Morgan fingerprint density at radius 2 is 1.88 bits per heavy atom. The van der Waals surface area contributed by atoms with Crippen molar-refractivity contribution < 1.29 is 4.74 Å². The van der Waals surface area contributed by atoms with Gasteiger partial charge in [-0.1, -0.05) is 31.0 Å². The van der Waals surface area contributed by atoms with Gasteiger partial charge in [-0.15, -0.1) is 24.0 Å². The molecule has 1 aliphatic rings. The Bertz CT molecular complexity index is 518. The molecular formula is C19H33IN4O. The van der Waals surface area contributed by atoms with E-state index in [1.807, 2.05) is 25.2 Å². The number of halogens is 1. The first-order chi connectivity index (χ1) is 11.7. The van der Waals surface area contributed by atoms with Crippen molar-refractivity contribution in [3.05, 3.63) is 29.8 Å². The van der Waals surface area contributed by atoms with Crippen LogP contribution in [0.25, 0.3) is 0 Å². The molecule has 0 amide bonds. The Balaban J connectivity index is 0.00000312. The van der Waals surface area contributed by atoms with E-state index in [1.165, 1.54) is 31.2 Å². The van der Waals surface area contributed by atoms with Crippen molar-refractivity contribution in [2.45, 2.75) is 38.1 Å². The van der Waals surface area contributed by atoms with Gasteiger partial charge in [0.15, 0.2) is 5.96 Å². The van der Waals surface area contributed by atoms with Gasteiger partial charge in [0, 0.05) is 32.7 Å². The smallest absolute Gasteiger partial charge is 0.191 e. The third-order valence-electron chi connectivity index (χ3n) is 4.81. The van der Waals surface area contributed by atoms with Crippen molar-refractivity contribution in [3.63, 3.8) is 0 Å². The van der Waals surface area contributed by atoms with Crippen molar-refractivity contribution in [1.29, 1.82) is 0 Å². The first-order valence-electron chi connectivity index (χ1n) is 9.01. The van der Waals surface area contributed by atoms with Crippen LogP contribution in [-0.4, -0.2) is 57.7 Å². The van der Waals surface area contributed by atoms with Crippen molar-refractivity contribution >= 4 is 29.9 Å². The normalized spacial score (nSPS) is 15.1. The lowest BCUT2D eigenvalue weighted by atomic mass is 10.1. The number of nitrogens with zero attached hydrogens (tertiary/aromatic N) is 2. The van der Waals surface area contributed by atoms with E-state index in [0.717, 1.165) is 43.8 Å². The van der Waals surface area contributed by atoms with E-state index in [4.69, 9.17) is 4.74 Å². The Labute approximate surface area is 169 Å². The molecule has 142 valence electrons. The highest BCUT2D eigenvalue weighted by Crippen LogP contribution is 2.21. The van der Waals surface area contributed by atoms with Crippen molar-refractivity contribution in [2.75, 3.05) is 40.8 Å². The van der Waals surface area contributed by atoms with Crippen molar-refractivity contribution in [3.8, 4) is 5.75 Å². The number of rotatable bonds is 8. The molecule has 0 saturated heterocycles. The van der Waals surface area contributed by atoms with E-state index in [-0.39, 0.29) is 24.0 Å². The average molecular weight is 460 g/mol. The molecule has 1 aromatic carbocycles. The highest BCUT2D eigenvalue weighted by molar-refractivity contribution is 14.0. The minimum absolute atomic E-state index is 0. The first-order valence-corrected chi connectivity index (χ1v) is 9.01. The number of guanidine groups is 1. The van der Waals surface area contributed by atoms with Gasteiger partial charge in [-0.25, -0.2) is 0 Å². The van der Waals surface area contributed by atoms with Crippen LogP contribution in [0.15, 0.2) is 29.3 Å². The van der Waals surface area contributed by atoms with Crippen molar-refractivity contribution in [2.24, 2.45) is 4.99 Å². The van der Waals surface area contributed by atoms with Gasteiger partial charge < -0.3 is 20.3 Å². The van der Waals surface area contributed by atoms with E-state index in [0.29, 0.717) is 0 Å². The molecule has 1 aromatic rings. The summed E-state index contributed by atoms with van der Waals surface area (Å²) in [6, 6.07) is 8.92. The molecule has 5 nitrogen and oxygen atoms in total. The zero-order valence-electron chi connectivity index (χ0n) is 15.8. The fourth-order valence-corrected chi connectivity index (χ4v) is 3.32.